The van der Waals surface area contributed by atoms with Crippen LogP contribution in [0.5, 0.6) is 0 Å². The SMILES string of the molecule is C1=CC=C[C]([Ti][C]2=CC=CC2)=CC=C1.C1=CC=[C]([Ti][C]2=CC=CC2)CC=C1.C1=CC=[C]([Ti][C]2=CC=CCCC2)CC=C1. The molecular formula is C39H40Ti3. The fraction of sp³-hybridized carbons (Fsp3) is 0.179. The summed E-state index contributed by atoms with van der Waals surface area (Å²) in [6.45, 7) is 0. The van der Waals surface area contributed by atoms with Crippen LogP contribution in [0.15, 0.2) is 181 Å². The van der Waals surface area contributed by atoms with E-state index < -0.39 is 0 Å². The van der Waals surface area contributed by atoms with Gasteiger partial charge in [0.2, 0.25) is 0 Å². The van der Waals surface area contributed by atoms with E-state index in [4.69, 9.17) is 0 Å². The molecule has 0 unspecified atom stereocenters. The molecular weight excluding hydrogens is 612 g/mol. The normalized spacial score (nSPS) is 19.6. The Hall–Kier alpha value is -2.02. The van der Waals surface area contributed by atoms with Gasteiger partial charge < -0.3 is 0 Å². The Morgan fingerprint density at radius 3 is 1.48 bits per heavy atom. The zero-order chi connectivity index (χ0) is 28.9. The molecule has 0 saturated carbocycles. The van der Waals surface area contributed by atoms with Crippen LogP contribution in [-0.4, -0.2) is 0 Å². The predicted octanol–water partition coefficient (Wildman–Crippen LogP) is 10.9. The molecule has 0 saturated heterocycles. The van der Waals surface area contributed by atoms with E-state index in [9.17, 15) is 0 Å². The minimum absolute atomic E-state index is 0.00333. The first-order valence-corrected chi connectivity index (χ1v) is 19.7. The van der Waals surface area contributed by atoms with Crippen LogP contribution in [-0.2, 0) is 57.5 Å². The molecule has 0 radical (unpaired) electrons. The van der Waals surface area contributed by atoms with Gasteiger partial charge in [0.25, 0.3) is 0 Å². The Labute approximate surface area is 281 Å². The fourth-order valence-corrected chi connectivity index (χ4v) is 10.2. The third-order valence-corrected chi connectivity index (χ3v) is 13.2. The molecule has 3 heteroatoms. The quantitative estimate of drug-likeness (QED) is 0.251. The Kier molecular flexibility index (Phi) is 16.3. The Bertz CT molecular complexity index is 1400. The van der Waals surface area contributed by atoms with E-state index in [1.54, 1.807) is 19.4 Å². The van der Waals surface area contributed by atoms with Crippen LogP contribution in [0, 0.1) is 0 Å². The van der Waals surface area contributed by atoms with Gasteiger partial charge in [0, 0.05) is 0 Å². The monoisotopic (exact) mass is 652 g/mol. The molecule has 6 aliphatic rings. The summed E-state index contributed by atoms with van der Waals surface area (Å²) < 4.78 is 9.79. The zero-order valence-electron chi connectivity index (χ0n) is 24.5. The second-order valence-corrected chi connectivity index (χ2v) is 17.3. The van der Waals surface area contributed by atoms with Crippen molar-refractivity contribution in [3.63, 3.8) is 0 Å². The Morgan fingerprint density at radius 1 is 0.357 bits per heavy atom. The fourth-order valence-electron chi connectivity index (χ4n) is 4.55. The van der Waals surface area contributed by atoms with Crippen molar-refractivity contribution in [2.75, 3.05) is 0 Å². The van der Waals surface area contributed by atoms with Crippen LogP contribution in [0.4, 0.5) is 0 Å². The molecule has 0 amide bonds. The van der Waals surface area contributed by atoms with Crippen LogP contribution in [0.2, 0.25) is 0 Å². The van der Waals surface area contributed by atoms with Crippen molar-refractivity contribution in [1.29, 1.82) is 0 Å². The molecule has 0 nitrogen and oxygen atoms in total. The van der Waals surface area contributed by atoms with Crippen molar-refractivity contribution >= 4 is 0 Å². The molecule has 0 aromatic carbocycles. The molecule has 42 heavy (non-hydrogen) atoms. The molecule has 0 aromatic rings. The predicted molar refractivity (Wildman–Crippen MR) is 172 cm³/mol. The maximum atomic E-state index is 2.35. The van der Waals surface area contributed by atoms with Crippen LogP contribution >= 0.6 is 0 Å². The van der Waals surface area contributed by atoms with Gasteiger partial charge in [-0.05, 0) is 0 Å². The summed E-state index contributed by atoms with van der Waals surface area (Å²) in [5.74, 6) is 0. The van der Waals surface area contributed by atoms with Gasteiger partial charge in [-0.3, -0.25) is 0 Å². The standard InChI is InChI=1S/C8H7.C7H9.2C7H7.2C5H5.3Ti/c1-2-4-6-8-7-5-3-1;3*1-2-4-6-7-5-3-1;2*1-2-4-5-3-1;;;/h1-7H;1-3H,4,6-7H2;2*1-5H,6H2;2*1-3H,4H2;;;. The summed E-state index contributed by atoms with van der Waals surface area (Å²) in [6, 6.07) is 0. The first-order valence-electron chi connectivity index (χ1n) is 15.0. The average molecular weight is 652 g/mol. The van der Waals surface area contributed by atoms with Gasteiger partial charge in [0.15, 0.2) is 0 Å². The van der Waals surface area contributed by atoms with Gasteiger partial charge in [-0.15, -0.1) is 0 Å². The van der Waals surface area contributed by atoms with Gasteiger partial charge in [0.1, 0.15) is 0 Å². The molecule has 0 bridgehead atoms. The number of allylic oxidation sites excluding steroid dienone is 32. The Morgan fingerprint density at radius 2 is 0.810 bits per heavy atom. The summed E-state index contributed by atoms with van der Waals surface area (Å²) >= 11 is -0.102. The van der Waals surface area contributed by atoms with Gasteiger partial charge >= 0.3 is 284 Å². The molecule has 6 rings (SSSR count). The molecule has 0 heterocycles. The van der Waals surface area contributed by atoms with Crippen molar-refractivity contribution in [3.8, 4) is 0 Å². The zero-order valence-corrected chi connectivity index (χ0v) is 29.1. The van der Waals surface area contributed by atoms with Crippen LogP contribution in [0.1, 0.15) is 44.9 Å². The van der Waals surface area contributed by atoms with E-state index in [1.807, 2.05) is 0 Å². The first kappa shape index (κ1) is 32.9. The molecule has 6 aliphatic carbocycles. The van der Waals surface area contributed by atoms with Crippen molar-refractivity contribution in [1.82, 2.24) is 0 Å². The summed E-state index contributed by atoms with van der Waals surface area (Å²) in [7, 11) is 0. The van der Waals surface area contributed by atoms with Gasteiger partial charge in [-0.1, -0.05) is 0 Å². The van der Waals surface area contributed by atoms with E-state index in [0.29, 0.717) is 0 Å². The summed E-state index contributed by atoms with van der Waals surface area (Å²) in [4.78, 5) is 0. The first-order chi connectivity index (χ1) is 20.8. The summed E-state index contributed by atoms with van der Waals surface area (Å²) in [5, 5.41) is 0. The molecule has 0 N–H and O–H groups in total. The van der Waals surface area contributed by atoms with Gasteiger partial charge in [-0.25, -0.2) is 0 Å². The topological polar surface area (TPSA) is 0 Å². The molecule has 208 valence electrons. The summed E-state index contributed by atoms with van der Waals surface area (Å²) in [5.41, 5.74) is 0. The molecule has 0 atom stereocenters. The summed E-state index contributed by atoms with van der Waals surface area (Å²) in [6.07, 6.45) is 65.8. The second kappa shape index (κ2) is 20.8. The average Bonchev–Trinajstić information content (AvgIpc) is 3.44. The van der Waals surface area contributed by atoms with Crippen LogP contribution < -0.4 is 0 Å². The number of rotatable bonds is 6. The molecule has 0 spiro atoms. The molecule has 0 aromatic heterocycles. The van der Waals surface area contributed by atoms with E-state index in [2.05, 4.69) is 158 Å². The maximum absolute atomic E-state index is 2.35. The van der Waals surface area contributed by atoms with Crippen LogP contribution in [0.25, 0.3) is 0 Å². The van der Waals surface area contributed by atoms with E-state index in [-0.39, 0.29) is 57.5 Å². The van der Waals surface area contributed by atoms with E-state index >= 15 is 0 Å². The third kappa shape index (κ3) is 14.0. The third-order valence-electron chi connectivity index (χ3n) is 6.72. The molecule has 0 fully saturated rings. The van der Waals surface area contributed by atoms with Crippen molar-refractivity contribution in [2.24, 2.45) is 0 Å². The van der Waals surface area contributed by atoms with Crippen LogP contribution in [0.3, 0.4) is 0 Å². The minimum atomic E-state index is -0.0800. The van der Waals surface area contributed by atoms with Crippen molar-refractivity contribution < 1.29 is 57.5 Å². The van der Waals surface area contributed by atoms with Crippen molar-refractivity contribution in [3.05, 3.63) is 181 Å². The van der Waals surface area contributed by atoms with Gasteiger partial charge in [0.05, 0.1) is 0 Å². The van der Waals surface area contributed by atoms with E-state index in [0.717, 1.165) is 12.8 Å². The molecule has 0 aliphatic heterocycles. The van der Waals surface area contributed by atoms with Gasteiger partial charge in [-0.2, -0.15) is 0 Å². The second-order valence-electron chi connectivity index (χ2n) is 10.2. The van der Waals surface area contributed by atoms with Crippen molar-refractivity contribution in [2.45, 2.75) is 44.9 Å². The number of hydrogen-bond donors (Lipinski definition) is 0. The van der Waals surface area contributed by atoms with E-state index in [1.165, 1.54) is 36.0 Å². The Balaban J connectivity index is 0.000000145. The number of hydrogen-bond acceptors (Lipinski definition) is 0.